The Hall–Kier alpha value is -3.77. The monoisotopic (exact) mass is 582 g/mol. The summed E-state index contributed by atoms with van der Waals surface area (Å²) in [7, 11) is 2.07. The second-order valence-electron chi connectivity index (χ2n) is 10.6. The SMILES string of the molecule is CCCC(=O)OB([C@H](CC(C)C)NC(=O)[C@@H](NC(=O)c1cccc(-c2ccccc2)n1)[C@@H](C)O)N(C)CCC(=O)OC. The second kappa shape index (κ2) is 17.3. The molecular formula is C30H43BN4O7. The van der Waals surface area contributed by atoms with E-state index in [0.29, 0.717) is 18.5 Å². The summed E-state index contributed by atoms with van der Waals surface area (Å²) >= 11 is 0. The van der Waals surface area contributed by atoms with Crippen LogP contribution in [0.15, 0.2) is 48.5 Å². The number of ether oxygens (including phenoxy) is 1. The quantitative estimate of drug-likeness (QED) is 0.201. The van der Waals surface area contributed by atoms with Crippen LogP contribution >= 0.6 is 0 Å². The van der Waals surface area contributed by atoms with Crippen LogP contribution < -0.4 is 10.6 Å². The van der Waals surface area contributed by atoms with Crippen LogP contribution in [0.1, 0.15) is 63.9 Å². The standard InChI is InChI=1S/C30H43BN4O7/c1-7-12-27(38)42-31(35(5)18-17-26(37)41-6)25(19-20(2)3)33-30(40)28(21(4)36)34-29(39)24-16-11-15-23(32-24)22-13-9-8-10-14-22/h8-11,13-16,20-21,25,28,36H,7,12,17-19H2,1-6H3,(H,33,40)(H,34,39)/t21-,25+,28+/m1/s1. The lowest BCUT2D eigenvalue weighted by atomic mass is 9.67. The van der Waals surface area contributed by atoms with Gasteiger partial charge in [0.05, 0.1) is 31.3 Å². The Balaban J connectivity index is 2.28. The highest BCUT2D eigenvalue weighted by molar-refractivity contribution is 6.53. The number of pyridine rings is 1. The van der Waals surface area contributed by atoms with Crippen LogP contribution in [0.3, 0.4) is 0 Å². The minimum atomic E-state index is -1.32. The van der Waals surface area contributed by atoms with Gasteiger partial charge in [0.25, 0.3) is 11.9 Å². The van der Waals surface area contributed by atoms with E-state index in [0.717, 1.165) is 5.56 Å². The van der Waals surface area contributed by atoms with Crippen molar-refractivity contribution in [1.29, 1.82) is 0 Å². The third-order valence-electron chi connectivity index (χ3n) is 6.54. The number of hydrogen-bond donors (Lipinski definition) is 3. The number of carbonyl (C=O) groups excluding carboxylic acids is 4. The number of esters is 1. The van der Waals surface area contributed by atoms with Crippen molar-refractivity contribution in [2.45, 2.75) is 71.5 Å². The first-order chi connectivity index (χ1) is 20.0. The number of carbonyl (C=O) groups is 4. The molecule has 2 amide bonds. The van der Waals surface area contributed by atoms with Gasteiger partial charge in [0.2, 0.25) is 5.91 Å². The fourth-order valence-corrected chi connectivity index (χ4v) is 4.35. The zero-order valence-corrected chi connectivity index (χ0v) is 25.3. The minimum absolute atomic E-state index is 0.0541. The Kier molecular flexibility index (Phi) is 14.1. The maximum absolute atomic E-state index is 13.5. The van der Waals surface area contributed by atoms with Gasteiger partial charge in [-0.3, -0.25) is 19.2 Å². The van der Waals surface area contributed by atoms with Crippen molar-refractivity contribution in [3.05, 3.63) is 54.2 Å². The molecule has 12 heteroatoms. The normalized spacial score (nSPS) is 13.2. The first-order valence-electron chi connectivity index (χ1n) is 14.2. The molecule has 0 aliphatic heterocycles. The summed E-state index contributed by atoms with van der Waals surface area (Å²) in [4.78, 5) is 57.1. The molecule has 0 bridgehead atoms. The fraction of sp³-hybridized carbons (Fsp3) is 0.500. The van der Waals surface area contributed by atoms with Crippen LogP contribution in [-0.4, -0.2) is 84.5 Å². The summed E-state index contributed by atoms with van der Waals surface area (Å²) in [6.45, 7) is 7.37. The predicted octanol–water partition coefficient (Wildman–Crippen LogP) is 2.62. The molecule has 0 spiro atoms. The van der Waals surface area contributed by atoms with Gasteiger partial charge in [0.15, 0.2) is 0 Å². The van der Waals surface area contributed by atoms with Gasteiger partial charge in [-0.15, -0.1) is 0 Å². The van der Waals surface area contributed by atoms with Crippen LogP contribution in [0.2, 0.25) is 0 Å². The van der Waals surface area contributed by atoms with E-state index in [1.165, 1.54) is 20.1 Å². The topological polar surface area (TPSA) is 147 Å². The molecule has 2 aromatic rings. The van der Waals surface area contributed by atoms with Crippen molar-refractivity contribution in [2.24, 2.45) is 5.92 Å². The molecule has 0 aliphatic rings. The molecule has 0 radical (unpaired) electrons. The van der Waals surface area contributed by atoms with E-state index in [9.17, 15) is 24.3 Å². The van der Waals surface area contributed by atoms with Gasteiger partial charge in [-0.25, -0.2) is 4.98 Å². The average Bonchev–Trinajstić information content (AvgIpc) is 2.96. The number of nitrogens with one attached hydrogen (secondary N) is 2. The number of rotatable bonds is 16. The van der Waals surface area contributed by atoms with Gasteiger partial charge < -0.3 is 29.9 Å². The van der Waals surface area contributed by atoms with Crippen LogP contribution in [-0.2, 0) is 23.8 Å². The number of aliphatic hydroxyl groups excluding tert-OH is 1. The molecule has 1 aromatic heterocycles. The first-order valence-corrected chi connectivity index (χ1v) is 14.2. The highest BCUT2D eigenvalue weighted by Gasteiger charge is 2.39. The summed E-state index contributed by atoms with van der Waals surface area (Å²) in [5.74, 6) is -2.77. The maximum atomic E-state index is 13.5. The minimum Gasteiger partial charge on any atom is -0.518 e. The summed E-state index contributed by atoms with van der Waals surface area (Å²) in [5.41, 5.74) is 1.50. The lowest BCUT2D eigenvalue weighted by Crippen LogP contribution is -2.61. The Bertz CT molecular complexity index is 1180. The fourth-order valence-electron chi connectivity index (χ4n) is 4.35. The van der Waals surface area contributed by atoms with Crippen LogP contribution in [0, 0.1) is 5.92 Å². The Morgan fingerprint density at radius 1 is 0.976 bits per heavy atom. The number of aromatic nitrogens is 1. The Morgan fingerprint density at radius 3 is 2.26 bits per heavy atom. The second-order valence-corrected chi connectivity index (χ2v) is 10.6. The Morgan fingerprint density at radius 2 is 1.67 bits per heavy atom. The number of amides is 2. The molecule has 0 saturated carbocycles. The molecule has 2 rings (SSSR count). The summed E-state index contributed by atoms with van der Waals surface area (Å²) < 4.78 is 10.5. The predicted molar refractivity (Wildman–Crippen MR) is 160 cm³/mol. The summed E-state index contributed by atoms with van der Waals surface area (Å²) in [5, 5.41) is 16.0. The lowest BCUT2D eigenvalue weighted by Gasteiger charge is -2.33. The van der Waals surface area contributed by atoms with Gasteiger partial charge in [0, 0.05) is 18.5 Å². The number of methoxy groups -OCH3 is 1. The van der Waals surface area contributed by atoms with E-state index in [2.05, 4.69) is 15.6 Å². The molecule has 0 fully saturated rings. The third-order valence-corrected chi connectivity index (χ3v) is 6.54. The molecular weight excluding hydrogens is 539 g/mol. The Labute approximate surface area is 248 Å². The third kappa shape index (κ3) is 10.9. The van der Waals surface area contributed by atoms with E-state index >= 15 is 0 Å². The smallest absolute Gasteiger partial charge is 0.474 e. The van der Waals surface area contributed by atoms with Crippen molar-refractivity contribution in [3.8, 4) is 11.3 Å². The molecule has 0 unspecified atom stereocenters. The number of nitrogens with zero attached hydrogens (tertiary/aromatic N) is 2. The number of aliphatic hydroxyl groups is 1. The molecule has 1 heterocycles. The first kappa shape index (κ1) is 34.4. The van der Waals surface area contributed by atoms with E-state index < -0.39 is 48.9 Å². The van der Waals surface area contributed by atoms with Crippen molar-refractivity contribution in [2.75, 3.05) is 20.7 Å². The van der Waals surface area contributed by atoms with E-state index in [1.807, 2.05) is 51.1 Å². The van der Waals surface area contributed by atoms with Gasteiger partial charge >= 0.3 is 13.0 Å². The average molecular weight is 583 g/mol. The molecule has 0 saturated heterocycles. The van der Waals surface area contributed by atoms with Crippen LogP contribution in [0.5, 0.6) is 0 Å². The molecule has 3 atom stereocenters. The van der Waals surface area contributed by atoms with Crippen molar-refractivity contribution in [3.63, 3.8) is 0 Å². The zero-order valence-electron chi connectivity index (χ0n) is 25.3. The van der Waals surface area contributed by atoms with Gasteiger partial charge in [-0.1, -0.05) is 57.2 Å². The maximum Gasteiger partial charge on any atom is 0.474 e. The van der Waals surface area contributed by atoms with Crippen molar-refractivity contribution >= 4 is 30.8 Å². The lowest BCUT2D eigenvalue weighted by molar-refractivity contribution is -0.140. The van der Waals surface area contributed by atoms with Crippen LogP contribution in [0.25, 0.3) is 11.3 Å². The van der Waals surface area contributed by atoms with Gasteiger partial charge in [-0.05, 0) is 44.9 Å². The van der Waals surface area contributed by atoms with Crippen LogP contribution in [0.4, 0.5) is 0 Å². The van der Waals surface area contributed by atoms with E-state index in [4.69, 9.17) is 9.39 Å². The highest BCUT2D eigenvalue weighted by Crippen LogP contribution is 2.17. The molecule has 1 aromatic carbocycles. The number of hydrogen-bond acceptors (Lipinski definition) is 9. The zero-order chi connectivity index (χ0) is 31.2. The summed E-state index contributed by atoms with van der Waals surface area (Å²) in [6.07, 6.45) is -0.0126. The molecule has 0 aliphatic carbocycles. The van der Waals surface area contributed by atoms with Gasteiger partial charge in [-0.2, -0.15) is 0 Å². The van der Waals surface area contributed by atoms with E-state index in [-0.39, 0.29) is 31.0 Å². The molecule has 228 valence electrons. The van der Waals surface area contributed by atoms with Crippen molar-refractivity contribution in [1.82, 2.24) is 20.4 Å². The molecule has 3 N–H and O–H groups in total. The number of benzene rings is 1. The summed E-state index contributed by atoms with van der Waals surface area (Å²) in [6, 6.07) is 13.0. The highest BCUT2D eigenvalue weighted by atomic mass is 16.5. The molecule has 42 heavy (non-hydrogen) atoms. The van der Waals surface area contributed by atoms with E-state index in [1.54, 1.807) is 24.0 Å². The van der Waals surface area contributed by atoms with Crippen molar-refractivity contribution < 1.29 is 33.7 Å². The molecule has 11 nitrogen and oxygen atoms in total. The largest absolute Gasteiger partial charge is 0.518 e. The van der Waals surface area contributed by atoms with Gasteiger partial charge in [0.1, 0.15) is 11.7 Å².